The maximum absolute atomic E-state index is 12.5. The predicted molar refractivity (Wildman–Crippen MR) is 77.7 cm³/mol. The Morgan fingerprint density at radius 2 is 2.20 bits per heavy atom. The standard InChI is InChI=1S/C15H19NO3S/c1-12-7-8-16(11-12)20(18,19)15-6-5-14(4-3-9-17)13(2)10-15/h5-6,10,12,17H,7-9,11H2,1-2H3. The Kier molecular flexibility index (Phi) is 4.48. The molecule has 1 aliphatic heterocycles. The molecule has 1 unspecified atom stereocenters. The molecule has 0 spiro atoms. The van der Waals surface area contributed by atoms with E-state index < -0.39 is 10.0 Å². The summed E-state index contributed by atoms with van der Waals surface area (Å²) in [6.07, 6.45) is 0.915. The highest BCUT2D eigenvalue weighted by Crippen LogP contribution is 2.25. The molecule has 5 heteroatoms. The van der Waals surface area contributed by atoms with E-state index in [2.05, 4.69) is 18.8 Å². The van der Waals surface area contributed by atoms with Crippen LogP contribution in [0.3, 0.4) is 0 Å². The first-order chi connectivity index (χ1) is 9.45. The van der Waals surface area contributed by atoms with Crippen molar-refractivity contribution in [2.75, 3.05) is 19.7 Å². The second-order valence-electron chi connectivity index (χ2n) is 5.19. The van der Waals surface area contributed by atoms with E-state index in [4.69, 9.17) is 5.11 Å². The molecule has 1 fully saturated rings. The molecule has 0 aliphatic carbocycles. The van der Waals surface area contributed by atoms with Gasteiger partial charge in [0.2, 0.25) is 10.0 Å². The molecule has 4 nitrogen and oxygen atoms in total. The summed E-state index contributed by atoms with van der Waals surface area (Å²) in [4.78, 5) is 0.318. The average Bonchev–Trinajstić information content (AvgIpc) is 2.84. The summed E-state index contributed by atoms with van der Waals surface area (Å²) >= 11 is 0. The maximum atomic E-state index is 12.5. The molecule has 0 bridgehead atoms. The maximum Gasteiger partial charge on any atom is 0.243 e. The molecule has 1 atom stereocenters. The van der Waals surface area contributed by atoms with Crippen LogP contribution in [-0.2, 0) is 10.0 Å². The smallest absolute Gasteiger partial charge is 0.243 e. The minimum absolute atomic E-state index is 0.203. The highest BCUT2D eigenvalue weighted by Gasteiger charge is 2.30. The molecule has 1 aromatic carbocycles. The van der Waals surface area contributed by atoms with Crippen molar-refractivity contribution in [3.8, 4) is 11.8 Å². The summed E-state index contributed by atoms with van der Waals surface area (Å²) < 4.78 is 26.6. The third-order valence-corrected chi connectivity index (χ3v) is 5.39. The molecule has 1 aliphatic rings. The van der Waals surface area contributed by atoms with Gasteiger partial charge in [-0.15, -0.1) is 0 Å². The molecule has 2 rings (SSSR count). The summed E-state index contributed by atoms with van der Waals surface area (Å²) in [5.41, 5.74) is 1.55. The van der Waals surface area contributed by atoms with Gasteiger partial charge in [0.05, 0.1) is 4.90 Å². The molecule has 0 amide bonds. The molecule has 108 valence electrons. The normalized spacial score (nSPS) is 19.6. The molecule has 1 N–H and O–H groups in total. The molecule has 20 heavy (non-hydrogen) atoms. The Balaban J connectivity index is 2.31. The SMILES string of the molecule is Cc1cc(S(=O)(=O)N2CCC(C)C2)ccc1C#CCO. The van der Waals surface area contributed by atoms with Crippen LogP contribution in [0.15, 0.2) is 23.1 Å². The van der Waals surface area contributed by atoms with Gasteiger partial charge in [0, 0.05) is 18.7 Å². The van der Waals surface area contributed by atoms with Gasteiger partial charge in [-0.25, -0.2) is 8.42 Å². The van der Waals surface area contributed by atoms with Crippen LogP contribution in [0.4, 0.5) is 0 Å². The highest BCUT2D eigenvalue weighted by molar-refractivity contribution is 7.89. The monoisotopic (exact) mass is 293 g/mol. The van der Waals surface area contributed by atoms with Crippen LogP contribution in [0.2, 0.25) is 0 Å². The number of aryl methyl sites for hydroxylation is 1. The van der Waals surface area contributed by atoms with Crippen molar-refractivity contribution in [2.24, 2.45) is 5.92 Å². The topological polar surface area (TPSA) is 57.6 Å². The number of benzene rings is 1. The fourth-order valence-electron chi connectivity index (χ4n) is 2.33. The van der Waals surface area contributed by atoms with Gasteiger partial charge >= 0.3 is 0 Å². The molecule has 1 heterocycles. The number of aliphatic hydroxyl groups excluding tert-OH is 1. The van der Waals surface area contributed by atoms with E-state index in [1.54, 1.807) is 22.5 Å². The van der Waals surface area contributed by atoms with Crippen molar-refractivity contribution in [1.82, 2.24) is 4.31 Å². The average molecular weight is 293 g/mol. The quantitative estimate of drug-likeness (QED) is 0.838. The van der Waals surface area contributed by atoms with Crippen molar-refractivity contribution in [3.63, 3.8) is 0 Å². The van der Waals surface area contributed by atoms with E-state index in [1.165, 1.54) is 0 Å². The second-order valence-corrected chi connectivity index (χ2v) is 7.13. The Morgan fingerprint density at radius 3 is 2.75 bits per heavy atom. The second kappa shape index (κ2) is 5.96. The van der Waals surface area contributed by atoms with Crippen LogP contribution in [0, 0.1) is 24.7 Å². The third-order valence-electron chi connectivity index (χ3n) is 3.52. The summed E-state index contributed by atoms with van der Waals surface area (Å²) in [7, 11) is -3.40. The Hall–Kier alpha value is -1.35. The van der Waals surface area contributed by atoms with Crippen molar-refractivity contribution in [2.45, 2.75) is 25.2 Å². The van der Waals surface area contributed by atoms with Gasteiger partial charge in [-0.2, -0.15) is 4.31 Å². The van der Waals surface area contributed by atoms with Gasteiger partial charge < -0.3 is 5.11 Å². The number of rotatable bonds is 2. The number of nitrogens with zero attached hydrogens (tertiary/aromatic N) is 1. The van der Waals surface area contributed by atoms with Crippen LogP contribution in [0.5, 0.6) is 0 Å². The Labute approximate surface area is 120 Å². The molecule has 0 aromatic heterocycles. The minimum Gasteiger partial charge on any atom is -0.384 e. The van der Waals surface area contributed by atoms with Gasteiger partial charge in [-0.3, -0.25) is 0 Å². The largest absolute Gasteiger partial charge is 0.384 e. The fraction of sp³-hybridized carbons (Fsp3) is 0.467. The van der Waals surface area contributed by atoms with Crippen molar-refractivity contribution in [3.05, 3.63) is 29.3 Å². The lowest BCUT2D eigenvalue weighted by Gasteiger charge is -2.16. The first-order valence-corrected chi connectivity index (χ1v) is 8.09. The number of sulfonamides is 1. The lowest BCUT2D eigenvalue weighted by Crippen LogP contribution is -2.28. The fourth-order valence-corrected chi connectivity index (χ4v) is 3.99. The van der Waals surface area contributed by atoms with E-state index in [-0.39, 0.29) is 6.61 Å². The highest BCUT2D eigenvalue weighted by atomic mass is 32.2. The Morgan fingerprint density at radius 1 is 1.45 bits per heavy atom. The molecule has 1 aromatic rings. The van der Waals surface area contributed by atoms with Crippen LogP contribution < -0.4 is 0 Å². The summed E-state index contributed by atoms with van der Waals surface area (Å²) in [6, 6.07) is 4.94. The van der Waals surface area contributed by atoms with Gasteiger partial charge in [0.25, 0.3) is 0 Å². The summed E-state index contributed by atoms with van der Waals surface area (Å²) in [6.45, 7) is 4.87. The van der Waals surface area contributed by atoms with E-state index in [0.29, 0.717) is 23.9 Å². The summed E-state index contributed by atoms with van der Waals surface area (Å²) in [5.74, 6) is 5.80. The zero-order valence-electron chi connectivity index (χ0n) is 11.8. The molecule has 0 radical (unpaired) electrons. The summed E-state index contributed by atoms with van der Waals surface area (Å²) in [5, 5.41) is 8.69. The molecule has 0 saturated carbocycles. The van der Waals surface area contributed by atoms with Crippen molar-refractivity contribution in [1.29, 1.82) is 0 Å². The first-order valence-electron chi connectivity index (χ1n) is 6.65. The third kappa shape index (κ3) is 3.04. The first kappa shape index (κ1) is 15.0. The lowest BCUT2D eigenvalue weighted by molar-refractivity contribution is 0.350. The van der Waals surface area contributed by atoms with E-state index in [9.17, 15) is 8.42 Å². The Bertz CT molecular complexity index is 655. The van der Waals surface area contributed by atoms with Crippen LogP contribution in [0.1, 0.15) is 24.5 Å². The van der Waals surface area contributed by atoms with Gasteiger partial charge in [-0.1, -0.05) is 18.8 Å². The molecular weight excluding hydrogens is 274 g/mol. The minimum atomic E-state index is -3.40. The zero-order valence-corrected chi connectivity index (χ0v) is 12.6. The van der Waals surface area contributed by atoms with E-state index >= 15 is 0 Å². The van der Waals surface area contributed by atoms with Crippen LogP contribution >= 0.6 is 0 Å². The van der Waals surface area contributed by atoms with E-state index in [1.807, 2.05) is 6.92 Å². The molecular formula is C15H19NO3S. The van der Waals surface area contributed by atoms with Gasteiger partial charge in [0.15, 0.2) is 0 Å². The van der Waals surface area contributed by atoms with Gasteiger partial charge in [0.1, 0.15) is 6.61 Å². The predicted octanol–water partition coefficient (Wildman–Crippen LogP) is 1.37. The van der Waals surface area contributed by atoms with E-state index in [0.717, 1.165) is 17.5 Å². The number of hydrogen-bond donors (Lipinski definition) is 1. The number of hydrogen-bond acceptors (Lipinski definition) is 3. The molecule has 1 saturated heterocycles. The van der Waals surface area contributed by atoms with Gasteiger partial charge in [-0.05, 0) is 43.0 Å². The van der Waals surface area contributed by atoms with Crippen molar-refractivity contribution < 1.29 is 13.5 Å². The van der Waals surface area contributed by atoms with Crippen LogP contribution in [0.25, 0.3) is 0 Å². The van der Waals surface area contributed by atoms with Crippen LogP contribution in [-0.4, -0.2) is 37.5 Å². The lowest BCUT2D eigenvalue weighted by atomic mass is 10.1. The van der Waals surface area contributed by atoms with Crippen molar-refractivity contribution >= 4 is 10.0 Å². The number of aliphatic hydroxyl groups is 1. The zero-order chi connectivity index (χ0) is 14.8.